The molecule has 1 saturated heterocycles. The van der Waals surface area contributed by atoms with Crippen molar-refractivity contribution in [1.29, 1.82) is 0 Å². The van der Waals surface area contributed by atoms with E-state index in [2.05, 4.69) is 12.2 Å². The largest absolute Gasteiger partial charge is 0.391 e. The first-order valence-corrected chi connectivity index (χ1v) is 8.69. The van der Waals surface area contributed by atoms with Crippen molar-refractivity contribution in [2.75, 3.05) is 6.61 Å². The van der Waals surface area contributed by atoms with Gasteiger partial charge in [0.1, 0.15) is 0 Å². The Kier molecular flexibility index (Phi) is 5.99. The van der Waals surface area contributed by atoms with E-state index in [4.69, 9.17) is 22.7 Å². The summed E-state index contributed by atoms with van der Waals surface area (Å²) >= 11 is 5.25. The van der Waals surface area contributed by atoms with Crippen molar-refractivity contribution in [3.63, 3.8) is 0 Å². The minimum absolute atomic E-state index is 0.0632. The Morgan fingerprint density at radius 3 is 2.62 bits per heavy atom. The van der Waals surface area contributed by atoms with E-state index in [1.807, 2.05) is 0 Å². The average Bonchev–Trinajstić information content (AvgIpc) is 2.99. The van der Waals surface area contributed by atoms with Crippen LogP contribution in [0.1, 0.15) is 64.7 Å². The van der Waals surface area contributed by atoms with Crippen LogP contribution in [-0.2, 0) is 9.53 Å². The molecule has 1 saturated carbocycles. The summed E-state index contributed by atoms with van der Waals surface area (Å²) in [5.74, 6) is 0.810. The fraction of sp³-hybridized carbons (Fsp3) is 0.875. The van der Waals surface area contributed by atoms with Crippen molar-refractivity contribution in [1.82, 2.24) is 5.32 Å². The molecule has 2 aliphatic rings. The van der Waals surface area contributed by atoms with Crippen molar-refractivity contribution in [2.24, 2.45) is 11.7 Å². The molecule has 5 heteroatoms. The van der Waals surface area contributed by atoms with Crippen LogP contribution in [0.25, 0.3) is 0 Å². The first-order valence-electron chi connectivity index (χ1n) is 8.28. The molecule has 21 heavy (non-hydrogen) atoms. The lowest BCUT2D eigenvalue weighted by Gasteiger charge is -2.40. The van der Waals surface area contributed by atoms with Gasteiger partial charge in [0.2, 0.25) is 5.91 Å². The molecule has 0 aromatic carbocycles. The summed E-state index contributed by atoms with van der Waals surface area (Å²) < 4.78 is 5.56. The second-order valence-electron chi connectivity index (χ2n) is 6.52. The van der Waals surface area contributed by atoms with Crippen LogP contribution in [0.2, 0.25) is 0 Å². The molecule has 0 aromatic rings. The number of carbonyl (C=O) groups is 1. The van der Waals surface area contributed by atoms with Gasteiger partial charge in [0.05, 0.1) is 16.6 Å². The van der Waals surface area contributed by atoms with Gasteiger partial charge in [0.25, 0.3) is 0 Å². The van der Waals surface area contributed by atoms with Crippen molar-refractivity contribution >= 4 is 23.1 Å². The van der Waals surface area contributed by atoms with Gasteiger partial charge in [-0.1, -0.05) is 25.6 Å². The fourth-order valence-electron chi connectivity index (χ4n) is 3.51. The quantitative estimate of drug-likeness (QED) is 0.740. The van der Waals surface area contributed by atoms with Crippen LogP contribution in [0.4, 0.5) is 0 Å². The molecular weight excluding hydrogens is 284 g/mol. The topological polar surface area (TPSA) is 64.3 Å². The van der Waals surface area contributed by atoms with Gasteiger partial charge in [0.15, 0.2) is 0 Å². The Bertz CT molecular complexity index is 372. The Labute approximate surface area is 133 Å². The summed E-state index contributed by atoms with van der Waals surface area (Å²) in [4.78, 5) is 12.7. The third-order valence-corrected chi connectivity index (χ3v) is 5.49. The van der Waals surface area contributed by atoms with Crippen LogP contribution < -0.4 is 11.1 Å². The minimum Gasteiger partial charge on any atom is -0.391 e. The summed E-state index contributed by atoms with van der Waals surface area (Å²) in [6.07, 6.45) is 8.91. The van der Waals surface area contributed by atoms with Gasteiger partial charge in [-0.2, -0.15) is 0 Å². The molecule has 4 nitrogen and oxygen atoms in total. The van der Waals surface area contributed by atoms with Crippen LogP contribution in [0.3, 0.4) is 0 Å². The van der Waals surface area contributed by atoms with Gasteiger partial charge in [-0.3, -0.25) is 4.79 Å². The highest BCUT2D eigenvalue weighted by Gasteiger charge is 2.38. The molecule has 0 aromatic heterocycles. The predicted octanol–water partition coefficient (Wildman–Crippen LogP) is 2.69. The predicted molar refractivity (Wildman–Crippen MR) is 88.1 cm³/mol. The molecule has 2 rings (SSSR count). The number of hydrogen-bond acceptors (Lipinski definition) is 3. The maximum atomic E-state index is 12.2. The summed E-state index contributed by atoms with van der Waals surface area (Å²) in [6.45, 7) is 3.06. The maximum absolute atomic E-state index is 12.2. The molecule has 1 amide bonds. The molecule has 3 N–H and O–H groups in total. The van der Waals surface area contributed by atoms with Crippen LogP contribution in [0.15, 0.2) is 0 Å². The summed E-state index contributed by atoms with van der Waals surface area (Å²) in [6, 6.07) is 0. The number of nitrogens with two attached hydrogens (primary N) is 1. The standard InChI is InChI=1S/C16H28N2O2S/c1-2-12-7-9-16(10-8-12,15(17)21)18-14(19)6-5-13-4-3-11-20-13/h12-13H,2-11H2,1H3,(H2,17,21)(H,18,19). The zero-order valence-electron chi connectivity index (χ0n) is 13.0. The summed E-state index contributed by atoms with van der Waals surface area (Å²) in [5.41, 5.74) is 5.50. The normalized spacial score (nSPS) is 32.8. The molecule has 0 radical (unpaired) electrons. The van der Waals surface area contributed by atoms with Crippen molar-refractivity contribution < 1.29 is 9.53 Å². The third kappa shape index (κ3) is 4.39. The Morgan fingerprint density at radius 1 is 1.38 bits per heavy atom. The van der Waals surface area contributed by atoms with E-state index in [0.29, 0.717) is 11.4 Å². The highest BCUT2D eigenvalue weighted by Crippen LogP contribution is 2.34. The molecule has 1 aliphatic carbocycles. The molecule has 0 bridgehead atoms. The SMILES string of the molecule is CCC1CCC(NC(=O)CCC2CCCO2)(C(N)=S)CC1. The highest BCUT2D eigenvalue weighted by atomic mass is 32.1. The third-order valence-electron chi connectivity index (χ3n) is 5.10. The van der Waals surface area contributed by atoms with E-state index in [1.165, 1.54) is 6.42 Å². The zero-order valence-corrected chi connectivity index (χ0v) is 13.8. The number of ether oxygens (including phenoxy) is 1. The summed E-state index contributed by atoms with van der Waals surface area (Å²) in [5, 5.41) is 3.14. The van der Waals surface area contributed by atoms with Gasteiger partial charge in [-0.15, -0.1) is 0 Å². The lowest BCUT2D eigenvalue weighted by Crippen LogP contribution is -2.58. The molecular formula is C16H28N2O2S. The Hall–Kier alpha value is -0.680. The summed E-state index contributed by atoms with van der Waals surface area (Å²) in [7, 11) is 0. The van der Waals surface area contributed by atoms with Gasteiger partial charge in [-0.05, 0) is 50.9 Å². The van der Waals surface area contributed by atoms with E-state index < -0.39 is 5.54 Å². The maximum Gasteiger partial charge on any atom is 0.220 e. The van der Waals surface area contributed by atoms with E-state index in [0.717, 1.165) is 57.5 Å². The van der Waals surface area contributed by atoms with E-state index in [9.17, 15) is 4.79 Å². The highest BCUT2D eigenvalue weighted by molar-refractivity contribution is 7.80. The first-order chi connectivity index (χ1) is 10.1. The van der Waals surface area contributed by atoms with Crippen molar-refractivity contribution in [3.05, 3.63) is 0 Å². The average molecular weight is 312 g/mol. The fourth-order valence-corrected chi connectivity index (χ4v) is 3.76. The van der Waals surface area contributed by atoms with Gasteiger partial charge < -0.3 is 15.8 Å². The molecule has 1 unspecified atom stereocenters. The molecule has 1 atom stereocenters. The van der Waals surface area contributed by atoms with Gasteiger partial charge >= 0.3 is 0 Å². The minimum atomic E-state index is -0.450. The Morgan fingerprint density at radius 2 is 2.10 bits per heavy atom. The van der Waals surface area contributed by atoms with Crippen LogP contribution in [-0.4, -0.2) is 29.1 Å². The smallest absolute Gasteiger partial charge is 0.220 e. The lowest BCUT2D eigenvalue weighted by molar-refractivity contribution is -0.123. The number of carbonyl (C=O) groups excluding carboxylic acids is 1. The molecule has 2 fully saturated rings. The number of nitrogens with one attached hydrogen (secondary N) is 1. The monoisotopic (exact) mass is 312 g/mol. The van der Waals surface area contributed by atoms with E-state index in [-0.39, 0.29) is 12.0 Å². The number of thiocarbonyl (C=S) groups is 1. The lowest BCUT2D eigenvalue weighted by atomic mass is 9.75. The van der Waals surface area contributed by atoms with Crippen LogP contribution >= 0.6 is 12.2 Å². The van der Waals surface area contributed by atoms with Crippen LogP contribution in [0, 0.1) is 5.92 Å². The van der Waals surface area contributed by atoms with Gasteiger partial charge in [-0.25, -0.2) is 0 Å². The molecule has 1 heterocycles. The van der Waals surface area contributed by atoms with E-state index >= 15 is 0 Å². The van der Waals surface area contributed by atoms with E-state index in [1.54, 1.807) is 0 Å². The molecule has 120 valence electrons. The molecule has 1 aliphatic heterocycles. The van der Waals surface area contributed by atoms with Crippen LogP contribution in [0.5, 0.6) is 0 Å². The Balaban J connectivity index is 1.84. The second kappa shape index (κ2) is 7.54. The number of hydrogen-bond donors (Lipinski definition) is 2. The number of amides is 1. The van der Waals surface area contributed by atoms with Crippen molar-refractivity contribution in [3.8, 4) is 0 Å². The zero-order chi connectivity index (χ0) is 15.3. The van der Waals surface area contributed by atoms with Crippen molar-refractivity contribution in [2.45, 2.75) is 76.4 Å². The first kappa shape index (κ1) is 16.7. The van der Waals surface area contributed by atoms with Gasteiger partial charge in [0, 0.05) is 13.0 Å². The number of rotatable bonds is 6. The second-order valence-corrected chi connectivity index (χ2v) is 6.96. The molecule has 0 spiro atoms.